The average molecular weight is 276 g/mol. The van der Waals surface area contributed by atoms with Crippen LogP contribution in [0.15, 0.2) is 36.5 Å². The number of nitro groups is 1. The number of aryl methyl sites for hydroxylation is 1. The van der Waals surface area contributed by atoms with Gasteiger partial charge in [0.15, 0.2) is 0 Å². The molecule has 20 heavy (non-hydrogen) atoms. The predicted octanol–water partition coefficient (Wildman–Crippen LogP) is 1.53. The van der Waals surface area contributed by atoms with Crippen molar-refractivity contribution in [3.63, 3.8) is 0 Å². The molecule has 8 nitrogen and oxygen atoms in total. The molecule has 0 radical (unpaired) electrons. The molecular weight excluding hydrogens is 264 g/mol. The van der Waals surface area contributed by atoms with Gasteiger partial charge in [0.05, 0.1) is 29.6 Å². The van der Waals surface area contributed by atoms with Gasteiger partial charge in [-0.05, 0) is 17.1 Å². The average Bonchev–Trinajstić information content (AvgIpc) is 2.88. The third-order valence-corrected chi connectivity index (χ3v) is 2.56. The molecule has 104 valence electrons. The summed E-state index contributed by atoms with van der Waals surface area (Å²) in [6.07, 6.45) is 1.53. The Kier molecular flexibility index (Phi) is 3.94. The lowest BCUT2D eigenvalue weighted by Gasteiger charge is -2.06. The Morgan fingerprint density at radius 3 is 2.80 bits per heavy atom. The molecule has 1 aromatic heterocycles. The quantitative estimate of drug-likeness (QED) is 0.488. The molecule has 1 amide bonds. The fraction of sp³-hybridized carbons (Fsp3) is 0.167. The Balaban J connectivity index is 1.89. The molecule has 0 aliphatic heterocycles. The van der Waals surface area contributed by atoms with Crippen LogP contribution in [-0.2, 0) is 11.3 Å². The molecule has 0 aliphatic carbocycles. The highest BCUT2D eigenvalue weighted by Gasteiger charge is 2.12. The maximum atomic E-state index is 11.7. The number of carbonyl (C=O) groups is 1. The van der Waals surface area contributed by atoms with E-state index >= 15 is 0 Å². The minimum absolute atomic E-state index is 0.0180. The number of phenolic OH excluding ortho intramolecular Hbond substituents is 1. The van der Waals surface area contributed by atoms with Crippen LogP contribution in [0, 0.1) is 10.1 Å². The molecule has 0 atom stereocenters. The first-order valence-corrected chi connectivity index (χ1v) is 5.82. The van der Waals surface area contributed by atoms with E-state index < -0.39 is 4.92 Å². The van der Waals surface area contributed by atoms with Gasteiger partial charge in [0.1, 0.15) is 5.75 Å². The van der Waals surface area contributed by atoms with Crippen LogP contribution in [-0.4, -0.2) is 25.7 Å². The van der Waals surface area contributed by atoms with Gasteiger partial charge < -0.3 is 20.5 Å². The van der Waals surface area contributed by atoms with Crippen molar-refractivity contribution in [3.05, 3.63) is 46.6 Å². The van der Waals surface area contributed by atoms with Crippen molar-refractivity contribution in [2.45, 2.75) is 13.0 Å². The molecule has 0 unspecified atom stereocenters. The lowest BCUT2D eigenvalue weighted by molar-refractivity contribution is -0.389. The third kappa shape index (κ3) is 3.31. The Bertz CT molecular complexity index is 638. The number of benzene rings is 1. The second-order valence-corrected chi connectivity index (χ2v) is 4.01. The fourth-order valence-electron chi connectivity index (χ4n) is 1.58. The lowest BCUT2D eigenvalue weighted by atomic mass is 10.3. The Morgan fingerprint density at radius 1 is 1.40 bits per heavy atom. The lowest BCUT2D eigenvalue weighted by Crippen LogP contribution is -2.14. The Labute approximate surface area is 113 Å². The smallest absolute Gasteiger partial charge is 0.389 e. The van der Waals surface area contributed by atoms with Crippen LogP contribution in [0.3, 0.4) is 0 Å². The first-order chi connectivity index (χ1) is 9.56. The number of hydrogen-bond donors (Lipinski definition) is 2. The second-order valence-electron chi connectivity index (χ2n) is 4.01. The van der Waals surface area contributed by atoms with Crippen molar-refractivity contribution in [2.24, 2.45) is 0 Å². The number of hydrogen-bond acceptors (Lipinski definition) is 5. The van der Waals surface area contributed by atoms with E-state index in [0.717, 1.165) is 0 Å². The monoisotopic (exact) mass is 276 g/mol. The van der Waals surface area contributed by atoms with Crippen LogP contribution in [0.1, 0.15) is 6.42 Å². The zero-order chi connectivity index (χ0) is 14.5. The Morgan fingerprint density at radius 2 is 2.15 bits per heavy atom. The molecule has 2 rings (SSSR count). The van der Waals surface area contributed by atoms with Crippen molar-refractivity contribution in [3.8, 4) is 5.75 Å². The van der Waals surface area contributed by atoms with Gasteiger partial charge in [0.25, 0.3) is 0 Å². The standard InChI is InChI=1S/C12H12N4O4/c17-10-4-2-1-3-9(10)13-12(18)6-8-15-7-5-11(14-15)16(19)20/h1-5,7,17H,6,8H2,(H,13,18). The number of anilines is 1. The van der Waals surface area contributed by atoms with E-state index in [2.05, 4.69) is 10.4 Å². The first kappa shape index (κ1) is 13.5. The second kappa shape index (κ2) is 5.83. The molecule has 1 aromatic carbocycles. The topological polar surface area (TPSA) is 110 Å². The van der Waals surface area contributed by atoms with Crippen LogP contribution in [0.2, 0.25) is 0 Å². The molecular formula is C12H12N4O4. The van der Waals surface area contributed by atoms with E-state index in [0.29, 0.717) is 5.69 Å². The maximum Gasteiger partial charge on any atom is 0.389 e. The zero-order valence-corrected chi connectivity index (χ0v) is 10.4. The molecule has 2 N–H and O–H groups in total. The number of rotatable bonds is 5. The highest BCUT2D eigenvalue weighted by atomic mass is 16.6. The first-order valence-electron chi connectivity index (χ1n) is 5.82. The van der Waals surface area contributed by atoms with Crippen LogP contribution in [0.5, 0.6) is 5.75 Å². The zero-order valence-electron chi connectivity index (χ0n) is 10.4. The van der Waals surface area contributed by atoms with Crippen molar-refractivity contribution in [1.82, 2.24) is 9.78 Å². The highest BCUT2D eigenvalue weighted by molar-refractivity contribution is 5.92. The molecule has 0 fully saturated rings. The summed E-state index contributed by atoms with van der Waals surface area (Å²) in [5.41, 5.74) is 0.323. The van der Waals surface area contributed by atoms with Gasteiger partial charge in [-0.2, -0.15) is 4.68 Å². The number of carbonyl (C=O) groups excluding carboxylic acids is 1. The molecule has 0 saturated heterocycles. The number of aromatic hydroxyl groups is 1. The van der Waals surface area contributed by atoms with Gasteiger partial charge in [0.2, 0.25) is 5.91 Å². The summed E-state index contributed by atoms with van der Waals surface area (Å²) < 4.78 is 1.32. The molecule has 1 heterocycles. The van der Waals surface area contributed by atoms with Gasteiger partial charge in [-0.1, -0.05) is 12.1 Å². The van der Waals surface area contributed by atoms with Gasteiger partial charge in [-0.15, -0.1) is 0 Å². The summed E-state index contributed by atoms with van der Waals surface area (Å²) in [4.78, 5) is 21.5. The largest absolute Gasteiger partial charge is 0.506 e. The number of nitrogens with one attached hydrogen (secondary N) is 1. The van der Waals surface area contributed by atoms with E-state index in [1.807, 2.05) is 0 Å². The van der Waals surface area contributed by atoms with Crippen molar-refractivity contribution < 1.29 is 14.8 Å². The summed E-state index contributed by atoms with van der Waals surface area (Å²) in [5, 5.41) is 26.2. The molecule has 2 aromatic rings. The third-order valence-electron chi connectivity index (χ3n) is 2.56. The van der Waals surface area contributed by atoms with Crippen LogP contribution in [0.25, 0.3) is 0 Å². The van der Waals surface area contributed by atoms with E-state index in [4.69, 9.17) is 0 Å². The summed E-state index contributed by atoms with van der Waals surface area (Å²) in [6.45, 7) is 0.216. The van der Waals surface area contributed by atoms with Gasteiger partial charge in [0, 0.05) is 6.42 Å². The SMILES string of the molecule is O=C(CCn1ccc([N+](=O)[O-])n1)Nc1ccccc1O. The summed E-state index contributed by atoms with van der Waals surface area (Å²) in [5.74, 6) is -0.591. The number of aromatic nitrogens is 2. The summed E-state index contributed by atoms with van der Waals surface area (Å²) >= 11 is 0. The minimum atomic E-state index is -0.599. The fourth-order valence-corrected chi connectivity index (χ4v) is 1.58. The predicted molar refractivity (Wildman–Crippen MR) is 70.2 cm³/mol. The van der Waals surface area contributed by atoms with E-state index in [-0.39, 0.29) is 30.4 Å². The maximum absolute atomic E-state index is 11.7. The van der Waals surface area contributed by atoms with Crippen molar-refractivity contribution >= 4 is 17.4 Å². The van der Waals surface area contributed by atoms with E-state index in [1.54, 1.807) is 18.2 Å². The normalized spacial score (nSPS) is 10.2. The van der Waals surface area contributed by atoms with Gasteiger partial charge >= 0.3 is 5.82 Å². The van der Waals surface area contributed by atoms with E-state index in [1.165, 1.54) is 23.0 Å². The van der Waals surface area contributed by atoms with Crippen molar-refractivity contribution in [2.75, 3.05) is 5.32 Å². The summed E-state index contributed by atoms with van der Waals surface area (Å²) in [7, 11) is 0. The number of nitrogens with zero attached hydrogens (tertiary/aromatic N) is 3. The molecule has 0 saturated carbocycles. The molecule has 8 heteroatoms. The number of phenols is 1. The van der Waals surface area contributed by atoms with Gasteiger partial charge in [-0.3, -0.25) is 4.79 Å². The molecule has 0 aliphatic rings. The van der Waals surface area contributed by atoms with Gasteiger partial charge in [-0.25, -0.2) is 0 Å². The number of para-hydroxylation sites is 2. The summed E-state index contributed by atoms with van der Waals surface area (Å²) in [6, 6.07) is 7.64. The van der Waals surface area contributed by atoms with Crippen molar-refractivity contribution in [1.29, 1.82) is 0 Å². The van der Waals surface area contributed by atoms with Crippen LogP contribution in [0.4, 0.5) is 11.5 Å². The van der Waals surface area contributed by atoms with Crippen LogP contribution >= 0.6 is 0 Å². The minimum Gasteiger partial charge on any atom is -0.506 e. The highest BCUT2D eigenvalue weighted by Crippen LogP contribution is 2.21. The van der Waals surface area contributed by atoms with E-state index in [9.17, 15) is 20.0 Å². The number of amides is 1. The molecule has 0 bridgehead atoms. The van der Waals surface area contributed by atoms with Crippen LogP contribution < -0.4 is 5.32 Å². The molecule has 0 spiro atoms. The Hall–Kier alpha value is -2.90.